The van der Waals surface area contributed by atoms with Gasteiger partial charge in [-0.1, -0.05) is 249 Å². The number of hydrogen-bond acceptors (Lipinski definition) is 0. The number of hydrogen-bond donors (Lipinski definition) is 0. The van der Waals surface area contributed by atoms with Crippen molar-refractivity contribution in [2.75, 3.05) is 0 Å². The van der Waals surface area contributed by atoms with Crippen LogP contribution in [0.3, 0.4) is 0 Å². The van der Waals surface area contributed by atoms with Crippen molar-refractivity contribution >= 4 is 75.8 Å². The summed E-state index contributed by atoms with van der Waals surface area (Å²) in [5.41, 5.74) is 22.1. The molecule has 0 amide bonds. The number of rotatable bonds is 4. The van der Waals surface area contributed by atoms with Gasteiger partial charge in [0.2, 0.25) is 0 Å². The zero-order chi connectivity index (χ0) is 50.8. The van der Waals surface area contributed by atoms with Crippen molar-refractivity contribution in [2.45, 2.75) is 18.3 Å². The van der Waals surface area contributed by atoms with Gasteiger partial charge >= 0.3 is 0 Å². The van der Waals surface area contributed by atoms with Crippen LogP contribution in [0, 0.1) is 17.8 Å². The van der Waals surface area contributed by atoms with Gasteiger partial charge in [0.25, 0.3) is 0 Å². The lowest BCUT2D eigenvalue weighted by Crippen LogP contribution is -2.37. The third kappa shape index (κ3) is 5.69. The van der Waals surface area contributed by atoms with Crippen LogP contribution in [0.5, 0.6) is 0 Å². The van der Waals surface area contributed by atoms with E-state index in [2.05, 4.69) is 261 Å². The average molecular weight is 987 g/mol. The molecule has 2 unspecified atom stereocenters. The summed E-state index contributed by atoms with van der Waals surface area (Å²) in [5.74, 6) is 1.39. The van der Waals surface area contributed by atoms with Crippen LogP contribution in [0.4, 0.5) is 0 Å². The van der Waals surface area contributed by atoms with Crippen molar-refractivity contribution < 1.29 is 0 Å². The molecule has 6 aliphatic rings. The maximum Gasteiger partial charge on any atom is 0.0500 e. The molecule has 0 spiro atoms. The van der Waals surface area contributed by atoms with Gasteiger partial charge in [-0.2, -0.15) is 0 Å². The molecule has 0 aromatic heterocycles. The number of benzene rings is 12. The minimum absolute atomic E-state index is 0.00343. The van der Waals surface area contributed by atoms with Crippen molar-refractivity contribution in [3.8, 4) is 33.4 Å². The Labute approximate surface area is 453 Å². The Morgan fingerprint density at radius 3 is 0.936 bits per heavy atom. The first kappa shape index (κ1) is 42.8. The van der Waals surface area contributed by atoms with Gasteiger partial charge in [0.15, 0.2) is 0 Å². The third-order valence-corrected chi connectivity index (χ3v) is 19.3. The standard InChI is InChI=1S/C78H50/c1-7-19-54-47(13-1)25-33-64-68(65-34-26-48-14-2-8-20-55(48)73(65)72(54)64)43-46(44-69-66-35-27-49-15-3-9-21-56(49)74(66)75-57-22-10-4-16-50(57)28-36-67(69)75)45-78(53-31-37-60-61(38-32-53)63-40-39-62(60)63)70-41-29-51-17-5-11-23-58(51)76(70)77-59-24-12-6-18-52(59)30-42-71(77)78/h1-38,41-45,53,62-63H,39-40H2. The predicted molar refractivity (Wildman–Crippen MR) is 329 cm³/mol. The SMILES string of the molecule is C1=CC(C2(C=C(C=C3c4ccc5ccccc5c4-c4c3ccc3ccccc43)C=C3c4ccc5ccccc5c4-c4c3ccc3ccccc43)c3ccc4ccccc4c3-c3c2ccc2ccccc32)C=CC2=C1C1CCC21. The Morgan fingerprint density at radius 2 is 0.615 bits per heavy atom. The molecule has 0 nitrogen and oxygen atoms in total. The smallest absolute Gasteiger partial charge is 0.0500 e. The first-order chi connectivity index (χ1) is 38.7. The number of allylic oxidation sites excluding steroid dienone is 10. The fourth-order valence-electron chi connectivity index (χ4n) is 15.7. The first-order valence-corrected chi connectivity index (χ1v) is 28.1. The molecule has 362 valence electrons. The molecule has 2 atom stereocenters. The van der Waals surface area contributed by atoms with Crippen LogP contribution in [0.2, 0.25) is 0 Å². The zero-order valence-electron chi connectivity index (χ0n) is 43.0. The largest absolute Gasteiger partial charge is 0.0758 e. The molecular weight excluding hydrogens is 937 g/mol. The van der Waals surface area contributed by atoms with E-state index in [0.717, 1.165) is 0 Å². The van der Waals surface area contributed by atoms with Crippen LogP contribution in [-0.2, 0) is 5.41 Å². The van der Waals surface area contributed by atoms with Crippen LogP contribution in [0.25, 0.3) is 109 Å². The Bertz CT molecular complexity index is 4450. The van der Waals surface area contributed by atoms with Gasteiger partial charge in [0.1, 0.15) is 0 Å². The fraction of sp³-hybridized carbons (Fsp3) is 0.0769. The van der Waals surface area contributed by atoms with Crippen molar-refractivity contribution in [3.63, 3.8) is 0 Å². The van der Waals surface area contributed by atoms with Gasteiger partial charge in [-0.15, -0.1) is 0 Å². The quantitative estimate of drug-likeness (QED) is 0.165. The highest BCUT2D eigenvalue weighted by Crippen LogP contribution is 2.62. The molecule has 1 fully saturated rings. The van der Waals surface area contributed by atoms with E-state index in [0.29, 0.717) is 11.8 Å². The van der Waals surface area contributed by atoms with Crippen LogP contribution in [-0.4, -0.2) is 0 Å². The third-order valence-electron chi connectivity index (χ3n) is 19.3. The molecule has 0 bridgehead atoms. The average Bonchev–Trinajstić information content (AvgIpc) is 4.26. The van der Waals surface area contributed by atoms with Gasteiger partial charge in [-0.3, -0.25) is 0 Å². The van der Waals surface area contributed by atoms with E-state index in [-0.39, 0.29) is 5.92 Å². The van der Waals surface area contributed by atoms with Gasteiger partial charge < -0.3 is 0 Å². The van der Waals surface area contributed by atoms with E-state index < -0.39 is 5.41 Å². The molecule has 1 saturated carbocycles. The lowest BCUT2D eigenvalue weighted by atomic mass is 9.56. The minimum Gasteiger partial charge on any atom is -0.0758 e. The second kappa shape index (κ2) is 15.9. The van der Waals surface area contributed by atoms with Gasteiger partial charge in [-0.05, 0) is 196 Å². The molecule has 12 aromatic rings. The Morgan fingerprint density at radius 1 is 0.321 bits per heavy atom. The minimum atomic E-state index is -0.618. The Kier molecular flexibility index (Phi) is 8.70. The van der Waals surface area contributed by atoms with Crippen LogP contribution < -0.4 is 0 Å². The maximum absolute atomic E-state index is 2.75. The summed E-state index contributed by atoms with van der Waals surface area (Å²) in [6, 6.07) is 83.0. The lowest BCUT2D eigenvalue weighted by Gasteiger charge is -2.48. The number of fused-ring (bicyclic) bond motifs is 24. The fourth-order valence-corrected chi connectivity index (χ4v) is 15.7. The van der Waals surface area contributed by atoms with E-state index >= 15 is 0 Å². The van der Waals surface area contributed by atoms with E-state index in [9.17, 15) is 0 Å². The summed E-state index contributed by atoms with van der Waals surface area (Å²) in [6.45, 7) is 0. The molecule has 12 aromatic carbocycles. The normalized spacial score (nSPS) is 18.4. The van der Waals surface area contributed by atoms with E-state index in [4.69, 9.17) is 0 Å². The molecule has 0 heteroatoms. The summed E-state index contributed by atoms with van der Waals surface area (Å²) < 4.78 is 0. The van der Waals surface area contributed by atoms with E-state index in [1.165, 1.54) is 161 Å². The molecule has 0 heterocycles. The zero-order valence-corrected chi connectivity index (χ0v) is 43.0. The molecule has 18 rings (SSSR count). The van der Waals surface area contributed by atoms with Crippen molar-refractivity contribution in [1.82, 2.24) is 0 Å². The Balaban J connectivity index is 1.00. The summed E-state index contributed by atoms with van der Waals surface area (Å²) in [7, 11) is 0. The van der Waals surface area contributed by atoms with Crippen LogP contribution in [0.15, 0.2) is 278 Å². The maximum atomic E-state index is 2.75. The molecule has 6 aliphatic carbocycles. The van der Waals surface area contributed by atoms with Crippen molar-refractivity contribution in [3.05, 3.63) is 311 Å². The highest BCUT2D eigenvalue weighted by atomic mass is 14.5. The summed E-state index contributed by atoms with van der Waals surface area (Å²) >= 11 is 0. The van der Waals surface area contributed by atoms with Crippen molar-refractivity contribution in [1.29, 1.82) is 0 Å². The summed E-state index contributed by atoms with van der Waals surface area (Å²) in [6.07, 6.45) is 20.8. The van der Waals surface area contributed by atoms with Gasteiger partial charge in [0.05, 0.1) is 5.41 Å². The molecule has 78 heavy (non-hydrogen) atoms. The van der Waals surface area contributed by atoms with Crippen molar-refractivity contribution in [2.24, 2.45) is 17.8 Å². The van der Waals surface area contributed by atoms with Gasteiger partial charge in [-0.25, -0.2) is 0 Å². The molecule has 0 saturated heterocycles. The first-order valence-electron chi connectivity index (χ1n) is 28.1. The van der Waals surface area contributed by atoms with Crippen LogP contribution in [0.1, 0.15) is 46.2 Å². The lowest BCUT2D eigenvalue weighted by molar-refractivity contribution is 0.217. The second-order valence-electron chi connectivity index (χ2n) is 22.8. The Hall–Kier alpha value is -9.36. The summed E-state index contributed by atoms with van der Waals surface area (Å²) in [4.78, 5) is 0. The van der Waals surface area contributed by atoms with E-state index in [1.54, 1.807) is 11.1 Å². The van der Waals surface area contributed by atoms with E-state index in [1.807, 2.05) is 0 Å². The van der Waals surface area contributed by atoms with Gasteiger partial charge in [0, 0.05) is 5.92 Å². The second-order valence-corrected chi connectivity index (χ2v) is 22.8. The molecule has 0 aliphatic heterocycles. The monoisotopic (exact) mass is 986 g/mol. The highest BCUT2D eigenvalue weighted by molar-refractivity contribution is 6.21. The predicted octanol–water partition coefficient (Wildman–Crippen LogP) is 20.1. The molecule has 0 radical (unpaired) electrons. The van der Waals surface area contributed by atoms with Crippen LogP contribution >= 0.6 is 0 Å². The summed E-state index contributed by atoms with van der Waals surface area (Å²) in [5, 5.41) is 15.3. The highest BCUT2D eigenvalue weighted by Gasteiger charge is 2.50. The molecular formula is C78H50. The molecule has 0 N–H and O–H groups in total. The topological polar surface area (TPSA) is 0 Å².